The molecule has 37 heavy (non-hydrogen) atoms. The number of rotatable bonds is 3. The maximum absolute atomic E-state index is 11.1. The highest BCUT2D eigenvalue weighted by atomic mass is 16.5. The van der Waals surface area contributed by atoms with E-state index in [-0.39, 0.29) is 11.8 Å². The molecule has 5 heteroatoms. The van der Waals surface area contributed by atoms with Crippen molar-refractivity contribution in [2.75, 3.05) is 13.6 Å². The van der Waals surface area contributed by atoms with Crippen LogP contribution in [0.5, 0.6) is 11.5 Å². The number of aromatic hydroxyl groups is 1. The minimum atomic E-state index is -0.693. The van der Waals surface area contributed by atoms with Crippen molar-refractivity contribution < 1.29 is 14.6 Å². The molecular weight excluding hydrogens is 460 g/mol. The van der Waals surface area contributed by atoms with Crippen LogP contribution >= 0.6 is 0 Å². The number of likely N-dealkylation sites (N-methyl/N-ethyl adjacent to an activating group) is 1. The minimum absolute atomic E-state index is 0.193. The van der Waals surface area contributed by atoms with Gasteiger partial charge in [0, 0.05) is 28.9 Å². The van der Waals surface area contributed by atoms with Crippen LogP contribution in [-0.4, -0.2) is 40.2 Å². The van der Waals surface area contributed by atoms with Gasteiger partial charge in [0.1, 0.15) is 5.60 Å². The van der Waals surface area contributed by atoms with Crippen molar-refractivity contribution >= 4 is 10.9 Å². The van der Waals surface area contributed by atoms with Gasteiger partial charge in [-0.05, 0) is 74.7 Å². The smallest absolute Gasteiger partial charge is 0.166 e. The zero-order valence-corrected chi connectivity index (χ0v) is 21.6. The number of nitrogens with zero attached hydrogens (tertiary/aromatic N) is 1. The molecule has 2 aliphatic heterocycles. The number of phenolic OH excluding ortho intramolecular Hbond substituents is 1. The third kappa shape index (κ3) is 2.39. The molecule has 1 saturated heterocycles. The average molecular weight is 493 g/mol. The number of fused-ring (bicyclic) bond motifs is 4. The highest BCUT2D eigenvalue weighted by Crippen LogP contribution is 2.72. The highest BCUT2D eigenvalue weighted by molar-refractivity contribution is 5.86. The van der Waals surface area contributed by atoms with Crippen LogP contribution in [0.1, 0.15) is 46.9 Å². The minimum Gasteiger partial charge on any atom is -0.504 e. The topological polar surface area (TPSA) is 57.7 Å². The molecule has 4 aromatic rings. The van der Waals surface area contributed by atoms with Gasteiger partial charge in [0.05, 0.1) is 17.7 Å². The van der Waals surface area contributed by atoms with Gasteiger partial charge in [-0.25, -0.2) is 0 Å². The molecule has 1 spiro atoms. The number of piperidine rings is 1. The van der Waals surface area contributed by atoms with Crippen LogP contribution in [0.2, 0.25) is 0 Å². The van der Waals surface area contributed by atoms with Crippen molar-refractivity contribution in [2.45, 2.75) is 62.4 Å². The molecule has 5 nitrogen and oxygen atoms in total. The number of hydrogen-bond acceptors (Lipinski definition) is 4. The summed E-state index contributed by atoms with van der Waals surface area (Å²) in [5.41, 5.74) is 6.85. The number of hydrogen-bond donors (Lipinski definition) is 2. The zero-order valence-electron chi connectivity index (χ0n) is 21.6. The molecule has 0 amide bonds. The number of ether oxygens (including phenoxy) is 2. The van der Waals surface area contributed by atoms with E-state index >= 15 is 0 Å². The largest absolute Gasteiger partial charge is 0.504 e. The molecule has 3 heterocycles. The summed E-state index contributed by atoms with van der Waals surface area (Å²) in [6.45, 7) is 5.91. The van der Waals surface area contributed by atoms with Gasteiger partial charge in [0.25, 0.3) is 0 Å². The van der Waals surface area contributed by atoms with Crippen LogP contribution in [-0.2, 0) is 35.2 Å². The first-order valence-electron chi connectivity index (χ1n) is 13.4. The van der Waals surface area contributed by atoms with Gasteiger partial charge < -0.3 is 24.5 Å². The molecule has 188 valence electrons. The SMILES string of the molecule is Cc1ccccc1CO[C@@]12Cc3c([nH]c4ccccc34)[C@]3(C)Oc4c(O)ccc5c4[C@@]31CCN(C)[C@@H]2C5. The van der Waals surface area contributed by atoms with Crippen LogP contribution in [0.25, 0.3) is 10.9 Å². The fraction of sp³-hybridized carbons (Fsp3) is 0.375. The van der Waals surface area contributed by atoms with E-state index in [0.717, 1.165) is 37.0 Å². The predicted molar refractivity (Wildman–Crippen MR) is 143 cm³/mol. The summed E-state index contributed by atoms with van der Waals surface area (Å²) in [5, 5.41) is 12.3. The van der Waals surface area contributed by atoms with Gasteiger partial charge in [-0.3, -0.25) is 0 Å². The van der Waals surface area contributed by atoms with E-state index < -0.39 is 16.6 Å². The number of aromatic nitrogens is 1. The second-order valence-corrected chi connectivity index (χ2v) is 11.7. The lowest BCUT2D eigenvalue weighted by molar-refractivity contribution is -0.228. The Morgan fingerprint density at radius 3 is 2.78 bits per heavy atom. The second-order valence-electron chi connectivity index (χ2n) is 11.7. The number of para-hydroxylation sites is 1. The molecule has 1 fully saturated rings. The van der Waals surface area contributed by atoms with Gasteiger partial charge in [-0.1, -0.05) is 48.5 Å². The second kappa shape index (κ2) is 6.97. The van der Waals surface area contributed by atoms with Gasteiger partial charge in [0.2, 0.25) is 0 Å². The number of phenols is 1. The maximum atomic E-state index is 11.1. The van der Waals surface area contributed by atoms with Gasteiger partial charge in [0.15, 0.2) is 17.1 Å². The quantitative estimate of drug-likeness (QED) is 0.397. The van der Waals surface area contributed by atoms with Gasteiger partial charge >= 0.3 is 0 Å². The van der Waals surface area contributed by atoms with Crippen molar-refractivity contribution in [1.29, 1.82) is 0 Å². The maximum Gasteiger partial charge on any atom is 0.166 e. The number of benzene rings is 3. The fourth-order valence-corrected chi connectivity index (χ4v) is 8.58. The van der Waals surface area contributed by atoms with Crippen LogP contribution in [0, 0.1) is 6.92 Å². The van der Waals surface area contributed by atoms with Crippen LogP contribution in [0.15, 0.2) is 60.7 Å². The van der Waals surface area contributed by atoms with E-state index in [1.54, 1.807) is 0 Å². The summed E-state index contributed by atoms with van der Waals surface area (Å²) in [7, 11) is 2.25. The average Bonchev–Trinajstić information content (AvgIpc) is 3.40. The van der Waals surface area contributed by atoms with E-state index in [2.05, 4.69) is 85.4 Å². The van der Waals surface area contributed by atoms with Crippen LogP contribution in [0.3, 0.4) is 0 Å². The first-order valence-corrected chi connectivity index (χ1v) is 13.4. The number of H-pyrrole nitrogens is 1. The molecule has 3 aromatic carbocycles. The lowest BCUT2D eigenvalue weighted by atomic mass is 9.45. The molecule has 1 aromatic heterocycles. The van der Waals surface area contributed by atoms with Crippen LogP contribution < -0.4 is 4.74 Å². The Hall–Kier alpha value is -3.28. The summed E-state index contributed by atoms with van der Waals surface area (Å²) < 4.78 is 14.4. The van der Waals surface area contributed by atoms with Crippen molar-refractivity contribution in [1.82, 2.24) is 9.88 Å². The molecule has 0 radical (unpaired) electrons. The Bertz CT molecular complexity index is 1610. The van der Waals surface area contributed by atoms with Crippen LogP contribution in [0.4, 0.5) is 0 Å². The Morgan fingerprint density at radius 2 is 1.92 bits per heavy atom. The van der Waals surface area contributed by atoms with E-state index in [9.17, 15) is 5.11 Å². The zero-order chi connectivity index (χ0) is 25.2. The first kappa shape index (κ1) is 21.8. The fourth-order valence-electron chi connectivity index (χ4n) is 8.58. The summed E-state index contributed by atoms with van der Waals surface area (Å²) >= 11 is 0. The van der Waals surface area contributed by atoms with E-state index in [1.807, 2.05) is 6.07 Å². The molecule has 2 bridgehead atoms. The lowest BCUT2D eigenvalue weighted by Crippen LogP contribution is -2.78. The van der Waals surface area contributed by atoms with E-state index in [4.69, 9.17) is 9.47 Å². The summed E-state index contributed by atoms with van der Waals surface area (Å²) in [6.07, 6.45) is 2.59. The third-order valence-corrected chi connectivity index (χ3v) is 10.3. The Morgan fingerprint density at radius 1 is 1.11 bits per heavy atom. The number of aromatic amines is 1. The number of aryl methyl sites for hydroxylation is 1. The standard InChI is InChI=1S/C32H32N2O3/c1-19-8-4-5-9-21(19)18-36-32-17-23-22-10-6-7-11-24(22)33-29(23)30(2)31(32)14-15-34(3)26(32)16-20-12-13-25(35)28(37-30)27(20)31/h4-13,26,33,35H,14-18H2,1-3H3/t26-,30+,31+,32-/m1/s1. The molecular formula is C32H32N2O3. The normalized spacial score (nSPS) is 31.2. The van der Waals surface area contributed by atoms with Gasteiger partial charge in [-0.15, -0.1) is 0 Å². The molecule has 2 N–H and O–H groups in total. The highest BCUT2D eigenvalue weighted by Gasteiger charge is 2.78. The lowest BCUT2D eigenvalue weighted by Gasteiger charge is -2.66. The molecule has 4 aliphatic rings. The van der Waals surface area contributed by atoms with E-state index in [0.29, 0.717) is 12.4 Å². The predicted octanol–water partition coefficient (Wildman–Crippen LogP) is 5.50. The first-order chi connectivity index (χ1) is 17.9. The summed E-state index contributed by atoms with van der Waals surface area (Å²) in [5.74, 6) is 0.880. The molecule has 8 rings (SSSR count). The third-order valence-electron chi connectivity index (χ3n) is 10.3. The Balaban J connectivity index is 1.45. The van der Waals surface area contributed by atoms with Crippen molar-refractivity contribution in [2.24, 2.45) is 0 Å². The summed E-state index contributed by atoms with van der Waals surface area (Å²) in [6, 6.07) is 21.2. The molecule has 2 aliphatic carbocycles. The monoisotopic (exact) mass is 492 g/mol. The Labute approximate surface area is 217 Å². The number of nitrogens with one attached hydrogen (secondary N) is 1. The van der Waals surface area contributed by atoms with Crippen molar-refractivity contribution in [3.63, 3.8) is 0 Å². The number of likely N-dealkylation sites (tertiary alicyclic amines) is 1. The molecule has 0 unspecified atom stereocenters. The Kier molecular flexibility index (Phi) is 4.10. The molecule has 4 atom stereocenters. The van der Waals surface area contributed by atoms with Crippen molar-refractivity contribution in [3.8, 4) is 11.5 Å². The molecule has 0 saturated carbocycles. The van der Waals surface area contributed by atoms with E-state index in [1.165, 1.54) is 33.2 Å². The van der Waals surface area contributed by atoms with Gasteiger partial charge in [-0.2, -0.15) is 0 Å². The van der Waals surface area contributed by atoms with Crippen molar-refractivity contribution in [3.05, 3.63) is 94.2 Å². The summed E-state index contributed by atoms with van der Waals surface area (Å²) in [4.78, 5) is 6.29.